The van der Waals surface area contributed by atoms with E-state index in [2.05, 4.69) is 6.92 Å². The molecule has 3 rings (SSSR count). The molecule has 1 heterocycles. The summed E-state index contributed by atoms with van der Waals surface area (Å²) in [7, 11) is 3.33. The quantitative estimate of drug-likeness (QED) is 0.869. The summed E-state index contributed by atoms with van der Waals surface area (Å²) < 4.78 is 10.5. The molecule has 118 valence electrons. The molecule has 0 saturated carbocycles. The highest BCUT2D eigenvalue weighted by molar-refractivity contribution is 6.53. The van der Waals surface area contributed by atoms with Crippen molar-refractivity contribution in [2.24, 2.45) is 9.98 Å². The minimum Gasteiger partial charge on any atom is -0.497 e. The second kappa shape index (κ2) is 6.65. The number of hydrogen-bond acceptors (Lipinski definition) is 4. The zero-order valence-electron chi connectivity index (χ0n) is 13.6. The molecule has 2 aromatic carbocycles. The summed E-state index contributed by atoms with van der Waals surface area (Å²) in [6.07, 6.45) is 0. The van der Waals surface area contributed by atoms with E-state index in [9.17, 15) is 0 Å². The van der Waals surface area contributed by atoms with Crippen molar-refractivity contribution in [3.63, 3.8) is 0 Å². The van der Waals surface area contributed by atoms with Gasteiger partial charge in [-0.3, -0.25) is 9.98 Å². The normalized spacial score (nSPS) is 17.3. The van der Waals surface area contributed by atoms with E-state index in [0.717, 1.165) is 34.0 Å². The van der Waals surface area contributed by atoms with Gasteiger partial charge in [0.1, 0.15) is 11.5 Å². The SMILES string of the molecule is COc1ccc(C2=NCC(C)N=C2c2ccc(OC)cc2)cc1. The van der Waals surface area contributed by atoms with Crippen LogP contribution in [-0.4, -0.2) is 38.2 Å². The monoisotopic (exact) mass is 308 g/mol. The van der Waals surface area contributed by atoms with Gasteiger partial charge < -0.3 is 9.47 Å². The molecule has 0 radical (unpaired) electrons. The van der Waals surface area contributed by atoms with E-state index in [1.54, 1.807) is 14.2 Å². The van der Waals surface area contributed by atoms with Crippen LogP contribution in [0.25, 0.3) is 0 Å². The molecular formula is C19H20N2O2. The molecule has 1 aliphatic heterocycles. The van der Waals surface area contributed by atoms with Gasteiger partial charge in [0.05, 0.1) is 38.2 Å². The van der Waals surface area contributed by atoms with Gasteiger partial charge in [0, 0.05) is 11.1 Å². The molecule has 1 unspecified atom stereocenters. The molecule has 1 aliphatic rings. The number of rotatable bonds is 4. The lowest BCUT2D eigenvalue weighted by Crippen LogP contribution is -2.26. The molecule has 0 spiro atoms. The van der Waals surface area contributed by atoms with Crippen molar-refractivity contribution in [2.45, 2.75) is 13.0 Å². The third kappa shape index (κ3) is 3.26. The van der Waals surface area contributed by atoms with Gasteiger partial charge in [0.25, 0.3) is 0 Å². The Morgan fingerprint density at radius 3 is 1.74 bits per heavy atom. The van der Waals surface area contributed by atoms with Crippen molar-refractivity contribution in [1.82, 2.24) is 0 Å². The van der Waals surface area contributed by atoms with Crippen LogP contribution in [0, 0.1) is 0 Å². The molecule has 4 nitrogen and oxygen atoms in total. The average Bonchev–Trinajstić information content (AvgIpc) is 2.62. The smallest absolute Gasteiger partial charge is 0.118 e. The Morgan fingerprint density at radius 2 is 1.26 bits per heavy atom. The lowest BCUT2D eigenvalue weighted by Gasteiger charge is -2.19. The first-order chi connectivity index (χ1) is 11.2. The van der Waals surface area contributed by atoms with Gasteiger partial charge in [-0.25, -0.2) is 0 Å². The number of methoxy groups -OCH3 is 2. The lowest BCUT2D eigenvalue weighted by atomic mass is 9.97. The van der Waals surface area contributed by atoms with E-state index in [0.29, 0.717) is 6.54 Å². The molecule has 0 fully saturated rings. The van der Waals surface area contributed by atoms with Gasteiger partial charge in [-0.2, -0.15) is 0 Å². The largest absolute Gasteiger partial charge is 0.497 e. The highest BCUT2D eigenvalue weighted by atomic mass is 16.5. The van der Waals surface area contributed by atoms with Gasteiger partial charge >= 0.3 is 0 Å². The maximum Gasteiger partial charge on any atom is 0.118 e. The lowest BCUT2D eigenvalue weighted by molar-refractivity contribution is 0.414. The summed E-state index contributed by atoms with van der Waals surface area (Å²) in [6, 6.07) is 16.1. The maximum absolute atomic E-state index is 5.23. The van der Waals surface area contributed by atoms with Crippen LogP contribution in [0.5, 0.6) is 11.5 Å². The Morgan fingerprint density at radius 1 is 0.783 bits per heavy atom. The molecule has 4 heteroatoms. The topological polar surface area (TPSA) is 43.2 Å². The Labute approximate surface area is 136 Å². The number of nitrogens with zero attached hydrogens (tertiary/aromatic N) is 2. The van der Waals surface area contributed by atoms with Gasteiger partial charge in [0.15, 0.2) is 0 Å². The third-order valence-electron chi connectivity index (χ3n) is 3.81. The van der Waals surface area contributed by atoms with Crippen LogP contribution in [0.3, 0.4) is 0 Å². The molecule has 23 heavy (non-hydrogen) atoms. The summed E-state index contributed by atoms with van der Waals surface area (Å²) in [4.78, 5) is 9.57. The minimum atomic E-state index is 0.189. The van der Waals surface area contributed by atoms with Gasteiger partial charge in [0.2, 0.25) is 0 Å². The zero-order chi connectivity index (χ0) is 16.2. The first-order valence-electron chi connectivity index (χ1n) is 7.62. The van der Waals surface area contributed by atoms with E-state index >= 15 is 0 Å². The fraction of sp³-hybridized carbons (Fsp3) is 0.263. The Hall–Kier alpha value is -2.62. The second-order valence-corrected chi connectivity index (χ2v) is 5.47. The van der Waals surface area contributed by atoms with Crippen LogP contribution in [0.15, 0.2) is 58.5 Å². The van der Waals surface area contributed by atoms with Crippen LogP contribution >= 0.6 is 0 Å². The second-order valence-electron chi connectivity index (χ2n) is 5.47. The number of benzene rings is 2. The number of ether oxygens (including phenoxy) is 2. The van der Waals surface area contributed by atoms with Crippen molar-refractivity contribution in [3.8, 4) is 11.5 Å². The maximum atomic E-state index is 5.23. The Kier molecular flexibility index (Phi) is 4.42. The highest BCUT2D eigenvalue weighted by Crippen LogP contribution is 2.20. The standard InChI is InChI=1S/C19H20N2O2/c1-13-12-20-18(14-4-8-16(22-2)9-5-14)19(21-13)15-6-10-17(23-3)11-7-15/h4-11,13H,12H2,1-3H3. The third-order valence-corrected chi connectivity index (χ3v) is 3.81. The van der Waals surface area contributed by atoms with Gasteiger partial charge in [-0.05, 0) is 55.5 Å². The van der Waals surface area contributed by atoms with Crippen LogP contribution in [0.1, 0.15) is 18.1 Å². The summed E-state index contributed by atoms with van der Waals surface area (Å²) in [5, 5.41) is 0. The Balaban J connectivity index is 1.98. The van der Waals surface area contributed by atoms with E-state index in [1.807, 2.05) is 48.5 Å². The molecule has 1 atom stereocenters. The average molecular weight is 308 g/mol. The minimum absolute atomic E-state index is 0.189. The molecule has 0 aliphatic carbocycles. The predicted octanol–water partition coefficient (Wildman–Crippen LogP) is 3.38. The summed E-state index contributed by atoms with van der Waals surface area (Å²) in [5.74, 6) is 1.67. The zero-order valence-corrected chi connectivity index (χ0v) is 13.6. The molecule has 0 amide bonds. The van der Waals surface area contributed by atoms with Crippen molar-refractivity contribution in [2.75, 3.05) is 20.8 Å². The summed E-state index contributed by atoms with van der Waals surface area (Å²) in [6.45, 7) is 2.79. The molecule has 0 N–H and O–H groups in total. The van der Waals surface area contributed by atoms with Gasteiger partial charge in [-0.15, -0.1) is 0 Å². The molecular weight excluding hydrogens is 288 g/mol. The van der Waals surface area contributed by atoms with Gasteiger partial charge in [-0.1, -0.05) is 0 Å². The fourth-order valence-corrected chi connectivity index (χ4v) is 2.56. The molecule has 0 saturated heterocycles. The molecule has 0 aromatic heterocycles. The van der Waals surface area contributed by atoms with E-state index in [1.165, 1.54) is 0 Å². The van der Waals surface area contributed by atoms with E-state index in [4.69, 9.17) is 19.5 Å². The Bertz CT molecular complexity index is 731. The molecule has 2 aromatic rings. The van der Waals surface area contributed by atoms with Crippen LogP contribution in [-0.2, 0) is 0 Å². The first kappa shape index (κ1) is 15.3. The van der Waals surface area contributed by atoms with Crippen LogP contribution < -0.4 is 9.47 Å². The van der Waals surface area contributed by atoms with Crippen molar-refractivity contribution in [1.29, 1.82) is 0 Å². The fourth-order valence-electron chi connectivity index (χ4n) is 2.56. The van der Waals surface area contributed by atoms with E-state index in [-0.39, 0.29) is 6.04 Å². The van der Waals surface area contributed by atoms with Crippen molar-refractivity contribution < 1.29 is 9.47 Å². The first-order valence-corrected chi connectivity index (χ1v) is 7.62. The number of aliphatic imine (C=N–C) groups is 2. The van der Waals surface area contributed by atoms with Crippen molar-refractivity contribution >= 4 is 11.4 Å². The predicted molar refractivity (Wildman–Crippen MR) is 93.4 cm³/mol. The summed E-state index contributed by atoms with van der Waals surface area (Å²) >= 11 is 0. The molecule has 0 bridgehead atoms. The summed E-state index contributed by atoms with van der Waals surface area (Å²) in [5.41, 5.74) is 3.95. The van der Waals surface area contributed by atoms with E-state index < -0.39 is 0 Å². The van der Waals surface area contributed by atoms with Crippen LogP contribution in [0.2, 0.25) is 0 Å². The number of hydrogen-bond donors (Lipinski definition) is 0. The van der Waals surface area contributed by atoms with Crippen molar-refractivity contribution in [3.05, 3.63) is 59.7 Å². The van der Waals surface area contributed by atoms with Crippen LogP contribution in [0.4, 0.5) is 0 Å². The highest BCUT2D eigenvalue weighted by Gasteiger charge is 2.19.